The van der Waals surface area contributed by atoms with Crippen molar-refractivity contribution in [2.75, 3.05) is 13.1 Å². The molecule has 3 heterocycles. The Kier molecular flexibility index (Phi) is 7.22. The van der Waals surface area contributed by atoms with Gasteiger partial charge >= 0.3 is 0 Å². The fraction of sp³-hybridized carbons (Fsp3) is 0.630. The van der Waals surface area contributed by atoms with Gasteiger partial charge in [-0.3, -0.25) is 14.6 Å². The molecule has 7 heteroatoms. The zero-order valence-corrected chi connectivity index (χ0v) is 20.7. The number of aromatic nitrogens is 3. The molecule has 0 radical (unpaired) electrons. The summed E-state index contributed by atoms with van der Waals surface area (Å²) >= 11 is 0. The summed E-state index contributed by atoms with van der Waals surface area (Å²) in [7, 11) is 0. The maximum Gasteiger partial charge on any atom is 0.269 e. The van der Waals surface area contributed by atoms with Crippen LogP contribution in [0.5, 0.6) is 0 Å². The van der Waals surface area contributed by atoms with Crippen molar-refractivity contribution >= 4 is 5.91 Å². The van der Waals surface area contributed by atoms with Gasteiger partial charge in [0.05, 0.1) is 24.0 Å². The Labute approximate surface area is 202 Å². The van der Waals surface area contributed by atoms with Crippen LogP contribution in [0.4, 0.5) is 0 Å². The number of rotatable bonds is 6. The first-order valence-electron chi connectivity index (χ1n) is 12.7. The Morgan fingerprint density at radius 2 is 1.91 bits per heavy atom. The summed E-state index contributed by atoms with van der Waals surface area (Å²) in [6.45, 7) is 7.20. The van der Waals surface area contributed by atoms with Crippen LogP contribution in [-0.2, 0) is 11.3 Å². The molecule has 1 saturated heterocycles. The third-order valence-electron chi connectivity index (χ3n) is 8.07. The Balaban J connectivity index is 1.45. The lowest BCUT2D eigenvalue weighted by Crippen LogP contribution is -2.61. The first kappa shape index (κ1) is 24.6. The maximum atomic E-state index is 13.3. The van der Waals surface area contributed by atoms with E-state index in [2.05, 4.69) is 16.9 Å². The summed E-state index contributed by atoms with van der Waals surface area (Å²) < 4.78 is 1.55. The monoisotopic (exact) mass is 466 g/mol. The van der Waals surface area contributed by atoms with Crippen molar-refractivity contribution in [3.63, 3.8) is 0 Å². The molecule has 4 rings (SSSR count). The Morgan fingerprint density at radius 1 is 1.21 bits per heavy atom. The first-order chi connectivity index (χ1) is 16.2. The van der Waals surface area contributed by atoms with E-state index in [4.69, 9.17) is 0 Å². The lowest BCUT2D eigenvalue weighted by Gasteiger charge is -2.51. The van der Waals surface area contributed by atoms with Gasteiger partial charge in [0.2, 0.25) is 5.91 Å². The van der Waals surface area contributed by atoms with Crippen molar-refractivity contribution in [3.05, 3.63) is 47.3 Å². The minimum absolute atomic E-state index is 0.0100. The van der Waals surface area contributed by atoms with Gasteiger partial charge in [0.1, 0.15) is 0 Å². The van der Waals surface area contributed by atoms with Crippen LogP contribution in [0, 0.1) is 17.3 Å². The molecule has 1 saturated carbocycles. The van der Waals surface area contributed by atoms with Crippen molar-refractivity contribution in [2.24, 2.45) is 17.3 Å². The topological polar surface area (TPSA) is 88.3 Å². The summed E-state index contributed by atoms with van der Waals surface area (Å²) in [4.78, 5) is 36.1. The Hall–Kier alpha value is -2.54. The standard InChI is InChI=1S/C27H38N4O3/c1-20(15-21-7-5-4-6-8-21)25(33)30-14-11-27(34,26(2,3)18-30)19-31-17-23(29-16-24(31)32)22-9-12-28-13-10-22/h9-10,12-13,16-17,20-21,34H,4-8,11,14-15,18-19H2,1-3H3/t20-,27?/m1/s1. The number of carbonyl (C=O) groups is 1. The van der Waals surface area contributed by atoms with Crippen LogP contribution in [0.3, 0.4) is 0 Å². The largest absolute Gasteiger partial charge is 0.387 e. The second-order valence-electron chi connectivity index (χ2n) is 11.0. The molecular formula is C27H38N4O3. The molecular weight excluding hydrogens is 428 g/mol. The van der Waals surface area contributed by atoms with Crippen molar-refractivity contribution in [1.82, 2.24) is 19.4 Å². The fourth-order valence-corrected chi connectivity index (χ4v) is 5.70. The number of hydrogen-bond acceptors (Lipinski definition) is 5. The number of piperidine rings is 1. The number of carbonyl (C=O) groups excluding carboxylic acids is 1. The van der Waals surface area contributed by atoms with E-state index in [1.54, 1.807) is 23.2 Å². The van der Waals surface area contributed by atoms with Gasteiger partial charge in [-0.1, -0.05) is 52.9 Å². The van der Waals surface area contributed by atoms with Crippen LogP contribution in [0.1, 0.15) is 65.7 Å². The predicted octanol–water partition coefficient (Wildman–Crippen LogP) is 3.90. The molecule has 0 aromatic carbocycles. The van der Waals surface area contributed by atoms with E-state index in [-0.39, 0.29) is 23.9 Å². The fourth-order valence-electron chi connectivity index (χ4n) is 5.70. The number of pyridine rings is 1. The average Bonchev–Trinajstić information content (AvgIpc) is 2.83. The molecule has 2 aromatic rings. The molecule has 1 unspecified atom stereocenters. The third kappa shape index (κ3) is 5.24. The van der Waals surface area contributed by atoms with Gasteiger partial charge < -0.3 is 14.6 Å². The predicted molar refractivity (Wildman–Crippen MR) is 132 cm³/mol. The van der Waals surface area contributed by atoms with Crippen molar-refractivity contribution in [3.8, 4) is 11.3 Å². The van der Waals surface area contributed by atoms with Gasteiger partial charge in [-0.15, -0.1) is 0 Å². The summed E-state index contributed by atoms with van der Waals surface area (Å²) in [5, 5.41) is 11.7. The molecule has 184 valence electrons. The molecule has 2 aromatic heterocycles. The van der Waals surface area contributed by atoms with E-state index in [9.17, 15) is 14.7 Å². The van der Waals surface area contributed by atoms with Crippen LogP contribution in [-0.4, -0.2) is 49.1 Å². The van der Waals surface area contributed by atoms with Crippen LogP contribution in [0.25, 0.3) is 11.3 Å². The molecule has 1 aliphatic carbocycles. The van der Waals surface area contributed by atoms with E-state index >= 15 is 0 Å². The molecule has 2 atom stereocenters. The molecule has 1 amide bonds. The molecule has 2 aliphatic rings. The normalized spacial score (nSPS) is 24.1. The average molecular weight is 467 g/mol. The minimum Gasteiger partial charge on any atom is -0.387 e. The third-order valence-corrected chi connectivity index (χ3v) is 8.07. The summed E-state index contributed by atoms with van der Waals surface area (Å²) in [5.74, 6) is 0.869. The van der Waals surface area contributed by atoms with Crippen molar-refractivity contribution < 1.29 is 9.90 Å². The molecule has 2 fully saturated rings. The number of likely N-dealkylation sites (tertiary alicyclic amines) is 1. The summed E-state index contributed by atoms with van der Waals surface area (Å²) in [6.07, 6.45) is 14.1. The van der Waals surface area contributed by atoms with E-state index in [0.29, 0.717) is 31.1 Å². The van der Waals surface area contributed by atoms with Crippen LogP contribution >= 0.6 is 0 Å². The number of hydrogen-bond donors (Lipinski definition) is 1. The first-order valence-corrected chi connectivity index (χ1v) is 12.7. The number of aliphatic hydroxyl groups is 1. The quantitative estimate of drug-likeness (QED) is 0.698. The summed E-state index contributed by atoms with van der Waals surface area (Å²) in [6, 6.07) is 3.68. The number of amides is 1. The highest BCUT2D eigenvalue weighted by Crippen LogP contribution is 2.40. The zero-order chi connectivity index (χ0) is 24.3. The minimum atomic E-state index is -1.11. The van der Waals surface area contributed by atoms with Gasteiger partial charge in [-0.05, 0) is 30.9 Å². The van der Waals surface area contributed by atoms with Gasteiger partial charge in [0.25, 0.3) is 5.56 Å². The van der Waals surface area contributed by atoms with E-state index in [1.165, 1.54) is 38.3 Å². The van der Waals surface area contributed by atoms with Gasteiger partial charge in [-0.25, -0.2) is 4.98 Å². The maximum absolute atomic E-state index is 13.3. The second kappa shape index (κ2) is 9.98. The molecule has 0 bridgehead atoms. The Bertz CT molecular complexity index is 1050. The number of nitrogens with zero attached hydrogens (tertiary/aromatic N) is 4. The van der Waals surface area contributed by atoms with E-state index in [1.807, 2.05) is 30.9 Å². The van der Waals surface area contributed by atoms with Crippen LogP contribution in [0.15, 0.2) is 41.7 Å². The van der Waals surface area contributed by atoms with Crippen molar-refractivity contribution in [2.45, 2.75) is 77.9 Å². The molecule has 0 spiro atoms. The van der Waals surface area contributed by atoms with Gasteiger partial charge in [0.15, 0.2) is 0 Å². The van der Waals surface area contributed by atoms with Crippen LogP contribution in [0.2, 0.25) is 0 Å². The van der Waals surface area contributed by atoms with E-state index in [0.717, 1.165) is 12.0 Å². The zero-order valence-electron chi connectivity index (χ0n) is 20.7. The molecule has 1 aliphatic heterocycles. The highest BCUT2D eigenvalue weighted by molar-refractivity contribution is 5.78. The second-order valence-corrected chi connectivity index (χ2v) is 11.0. The van der Waals surface area contributed by atoms with Crippen molar-refractivity contribution in [1.29, 1.82) is 0 Å². The molecule has 1 N–H and O–H groups in total. The molecule has 7 nitrogen and oxygen atoms in total. The van der Waals surface area contributed by atoms with Crippen LogP contribution < -0.4 is 5.56 Å². The lowest BCUT2D eigenvalue weighted by atomic mass is 9.69. The highest BCUT2D eigenvalue weighted by atomic mass is 16.3. The van der Waals surface area contributed by atoms with Gasteiger partial charge in [0, 0.05) is 48.6 Å². The van der Waals surface area contributed by atoms with Gasteiger partial charge in [-0.2, -0.15) is 0 Å². The smallest absolute Gasteiger partial charge is 0.269 e. The summed E-state index contributed by atoms with van der Waals surface area (Å²) in [5.41, 5.74) is -0.404. The van der Waals surface area contributed by atoms with E-state index < -0.39 is 11.0 Å². The molecule has 34 heavy (non-hydrogen) atoms. The SMILES string of the molecule is C[C@H](CC1CCCCC1)C(=O)N1CCC(O)(Cn2cc(-c3ccncc3)ncc2=O)C(C)(C)C1. The highest BCUT2D eigenvalue weighted by Gasteiger charge is 2.49. The Morgan fingerprint density at radius 3 is 2.59 bits per heavy atom. The lowest BCUT2D eigenvalue weighted by molar-refractivity contribution is -0.157.